The van der Waals surface area contributed by atoms with Gasteiger partial charge in [0.05, 0.1) is 31.3 Å². The number of ether oxygens (including phenoxy) is 1. The van der Waals surface area contributed by atoms with Gasteiger partial charge in [-0.2, -0.15) is 0 Å². The predicted molar refractivity (Wildman–Crippen MR) is 114 cm³/mol. The molecule has 2 aromatic rings. The van der Waals surface area contributed by atoms with Gasteiger partial charge < -0.3 is 19.4 Å². The molecule has 8 nitrogen and oxygen atoms in total. The Balaban J connectivity index is 1.41. The second-order valence-corrected chi connectivity index (χ2v) is 8.03. The maximum atomic E-state index is 13.1. The maximum absolute atomic E-state index is 13.1. The third-order valence-corrected chi connectivity index (χ3v) is 5.81. The van der Waals surface area contributed by atoms with Crippen molar-refractivity contribution in [3.8, 4) is 5.75 Å². The Morgan fingerprint density at radius 3 is 2.68 bits per heavy atom. The van der Waals surface area contributed by atoms with E-state index >= 15 is 0 Å². The quantitative estimate of drug-likeness (QED) is 0.733. The highest BCUT2D eigenvalue weighted by atomic mass is 16.5. The van der Waals surface area contributed by atoms with Crippen molar-refractivity contribution in [2.75, 3.05) is 31.6 Å². The second-order valence-electron chi connectivity index (χ2n) is 8.03. The van der Waals surface area contributed by atoms with Gasteiger partial charge in [-0.3, -0.25) is 19.4 Å². The number of hydrogen-bond acceptors (Lipinski definition) is 5. The molecular weight excluding hydrogens is 396 g/mol. The Labute approximate surface area is 181 Å². The van der Waals surface area contributed by atoms with Crippen molar-refractivity contribution >= 4 is 23.4 Å². The molecule has 0 N–H and O–H groups in total. The SMILES string of the molecule is COc1cccc(N2C(=O)CN(C(=O)C3CC(=O)N(Cc4ccccn4)C3)CC2C)c1. The third-order valence-electron chi connectivity index (χ3n) is 5.81. The number of methoxy groups -OCH3 is 1. The first-order valence-electron chi connectivity index (χ1n) is 10.4. The molecule has 2 aliphatic heterocycles. The lowest BCUT2D eigenvalue weighted by Crippen LogP contribution is -2.58. The van der Waals surface area contributed by atoms with Gasteiger partial charge in [0.25, 0.3) is 0 Å². The molecule has 0 saturated carbocycles. The molecule has 1 aromatic heterocycles. The molecular formula is C23H26N4O4. The van der Waals surface area contributed by atoms with Crippen LogP contribution in [0.2, 0.25) is 0 Å². The van der Waals surface area contributed by atoms with E-state index in [1.165, 1.54) is 0 Å². The minimum absolute atomic E-state index is 0.00527. The average molecular weight is 422 g/mol. The summed E-state index contributed by atoms with van der Waals surface area (Å²) in [5.41, 5.74) is 1.54. The zero-order chi connectivity index (χ0) is 22.0. The van der Waals surface area contributed by atoms with Crippen LogP contribution < -0.4 is 9.64 Å². The van der Waals surface area contributed by atoms with E-state index in [4.69, 9.17) is 4.74 Å². The number of likely N-dealkylation sites (tertiary alicyclic amines) is 1. The molecule has 3 amide bonds. The minimum atomic E-state index is -0.431. The molecule has 3 heterocycles. The molecule has 0 radical (unpaired) electrons. The smallest absolute Gasteiger partial charge is 0.246 e. The monoisotopic (exact) mass is 422 g/mol. The first-order chi connectivity index (χ1) is 15.0. The van der Waals surface area contributed by atoms with Crippen LogP contribution in [-0.4, -0.2) is 65.3 Å². The molecule has 2 atom stereocenters. The van der Waals surface area contributed by atoms with Crippen molar-refractivity contribution in [1.29, 1.82) is 0 Å². The van der Waals surface area contributed by atoms with Crippen molar-refractivity contribution in [2.24, 2.45) is 5.92 Å². The minimum Gasteiger partial charge on any atom is -0.497 e. The number of carbonyl (C=O) groups excluding carboxylic acids is 3. The van der Waals surface area contributed by atoms with Crippen LogP contribution in [-0.2, 0) is 20.9 Å². The van der Waals surface area contributed by atoms with Crippen molar-refractivity contribution in [3.05, 3.63) is 54.4 Å². The normalized spacial score (nSPS) is 21.5. The highest BCUT2D eigenvalue weighted by Crippen LogP contribution is 2.27. The molecule has 0 bridgehead atoms. The largest absolute Gasteiger partial charge is 0.497 e. The van der Waals surface area contributed by atoms with Crippen LogP contribution >= 0.6 is 0 Å². The van der Waals surface area contributed by atoms with Gasteiger partial charge in [0.2, 0.25) is 17.7 Å². The molecule has 0 aliphatic carbocycles. The molecule has 2 fully saturated rings. The highest BCUT2D eigenvalue weighted by molar-refractivity contribution is 5.99. The molecule has 8 heteroatoms. The summed E-state index contributed by atoms with van der Waals surface area (Å²) in [5.74, 6) is -0.0937. The Bertz CT molecular complexity index is 981. The summed E-state index contributed by atoms with van der Waals surface area (Å²) < 4.78 is 5.26. The van der Waals surface area contributed by atoms with E-state index in [-0.39, 0.29) is 36.7 Å². The lowest BCUT2D eigenvalue weighted by Gasteiger charge is -2.40. The lowest BCUT2D eigenvalue weighted by atomic mass is 10.0. The first kappa shape index (κ1) is 20.8. The lowest BCUT2D eigenvalue weighted by molar-refractivity contribution is -0.141. The summed E-state index contributed by atoms with van der Waals surface area (Å²) in [4.78, 5) is 47.7. The number of hydrogen-bond donors (Lipinski definition) is 0. The van der Waals surface area contributed by atoms with E-state index < -0.39 is 5.92 Å². The molecule has 162 valence electrons. The average Bonchev–Trinajstić information content (AvgIpc) is 3.13. The number of aromatic nitrogens is 1. The Morgan fingerprint density at radius 1 is 1.13 bits per heavy atom. The van der Waals surface area contributed by atoms with E-state index in [0.29, 0.717) is 25.4 Å². The summed E-state index contributed by atoms with van der Waals surface area (Å²) in [6.07, 6.45) is 1.86. The topological polar surface area (TPSA) is 83.0 Å². The van der Waals surface area contributed by atoms with E-state index in [1.54, 1.807) is 28.0 Å². The molecule has 0 spiro atoms. The zero-order valence-corrected chi connectivity index (χ0v) is 17.7. The van der Waals surface area contributed by atoms with Gasteiger partial charge in [0.15, 0.2) is 0 Å². The summed E-state index contributed by atoms with van der Waals surface area (Å²) in [6, 6.07) is 12.7. The summed E-state index contributed by atoms with van der Waals surface area (Å²) in [5, 5.41) is 0. The number of piperazine rings is 1. The number of rotatable bonds is 5. The zero-order valence-electron chi connectivity index (χ0n) is 17.7. The van der Waals surface area contributed by atoms with Crippen LogP contribution in [0.3, 0.4) is 0 Å². The Hall–Kier alpha value is -3.42. The van der Waals surface area contributed by atoms with Gasteiger partial charge >= 0.3 is 0 Å². The summed E-state index contributed by atoms with van der Waals surface area (Å²) >= 11 is 0. The number of anilines is 1. The van der Waals surface area contributed by atoms with Crippen LogP contribution in [0.25, 0.3) is 0 Å². The van der Waals surface area contributed by atoms with Crippen LogP contribution in [0.4, 0.5) is 5.69 Å². The fraction of sp³-hybridized carbons (Fsp3) is 0.391. The van der Waals surface area contributed by atoms with Crippen molar-refractivity contribution < 1.29 is 19.1 Å². The van der Waals surface area contributed by atoms with Crippen molar-refractivity contribution in [1.82, 2.24) is 14.8 Å². The molecule has 2 saturated heterocycles. The van der Waals surface area contributed by atoms with E-state index in [0.717, 1.165) is 11.4 Å². The summed E-state index contributed by atoms with van der Waals surface area (Å²) in [7, 11) is 1.58. The Morgan fingerprint density at radius 2 is 1.97 bits per heavy atom. The standard InChI is InChI=1S/C23H26N4O4/c1-16-12-26(15-22(29)27(16)19-7-5-8-20(11-19)31-2)23(30)17-10-21(28)25(13-17)14-18-6-3-4-9-24-18/h3-9,11,16-17H,10,12-15H2,1-2H3. The van der Waals surface area contributed by atoms with Crippen molar-refractivity contribution in [3.63, 3.8) is 0 Å². The van der Waals surface area contributed by atoms with Gasteiger partial charge in [0.1, 0.15) is 12.3 Å². The van der Waals surface area contributed by atoms with E-state index in [9.17, 15) is 14.4 Å². The third kappa shape index (κ3) is 4.38. The first-order valence-corrected chi connectivity index (χ1v) is 10.4. The molecule has 31 heavy (non-hydrogen) atoms. The van der Waals surface area contributed by atoms with Gasteiger partial charge in [-0.05, 0) is 31.2 Å². The molecule has 4 rings (SSSR count). The van der Waals surface area contributed by atoms with Crippen molar-refractivity contribution in [2.45, 2.75) is 25.9 Å². The number of benzene rings is 1. The van der Waals surface area contributed by atoms with Gasteiger partial charge in [-0.1, -0.05) is 12.1 Å². The number of carbonyl (C=O) groups is 3. The fourth-order valence-electron chi connectivity index (χ4n) is 4.31. The van der Waals surface area contributed by atoms with Crippen LogP contribution in [0, 0.1) is 5.92 Å². The van der Waals surface area contributed by atoms with Gasteiger partial charge in [0, 0.05) is 37.5 Å². The summed E-state index contributed by atoms with van der Waals surface area (Å²) in [6.45, 7) is 3.09. The second kappa shape index (κ2) is 8.75. The van der Waals surface area contributed by atoms with Crippen LogP contribution in [0.1, 0.15) is 19.0 Å². The predicted octanol–water partition coefficient (Wildman–Crippen LogP) is 1.70. The van der Waals surface area contributed by atoms with Crippen LogP contribution in [0.15, 0.2) is 48.7 Å². The maximum Gasteiger partial charge on any atom is 0.246 e. The fourth-order valence-corrected chi connectivity index (χ4v) is 4.31. The van der Waals surface area contributed by atoms with Gasteiger partial charge in [-0.25, -0.2) is 0 Å². The number of amides is 3. The number of nitrogens with zero attached hydrogens (tertiary/aromatic N) is 4. The Kier molecular flexibility index (Phi) is 5.88. The van der Waals surface area contributed by atoms with Crippen LogP contribution in [0.5, 0.6) is 5.75 Å². The molecule has 2 unspecified atom stereocenters. The number of pyridine rings is 1. The molecule has 2 aliphatic rings. The molecule has 1 aromatic carbocycles. The van der Waals surface area contributed by atoms with E-state index in [1.807, 2.05) is 49.4 Å². The van der Waals surface area contributed by atoms with Gasteiger partial charge in [-0.15, -0.1) is 0 Å². The van der Waals surface area contributed by atoms with E-state index in [2.05, 4.69) is 4.98 Å². The highest BCUT2D eigenvalue weighted by Gasteiger charge is 2.40.